The molecule has 1 nitrogen and oxygen atoms in total. The van der Waals surface area contributed by atoms with Crippen LogP contribution in [0.15, 0.2) is 25.3 Å². The maximum absolute atomic E-state index is 5.33. The van der Waals surface area contributed by atoms with E-state index >= 15 is 0 Å². The van der Waals surface area contributed by atoms with Gasteiger partial charge in [0, 0.05) is 0 Å². The van der Waals surface area contributed by atoms with E-state index in [1.165, 1.54) is 23.7 Å². The minimum absolute atomic E-state index is 0. The van der Waals surface area contributed by atoms with Crippen molar-refractivity contribution < 1.29 is 32.7 Å². The largest absolute Gasteiger partial charge is 3.00 e. The van der Waals surface area contributed by atoms with Gasteiger partial charge in [0.1, 0.15) is 0 Å². The fourth-order valence-corrected chi connectivity index (χ4v) is 23.2. The van der Waals surface area contributed by atoms with Crippen LogP contribution in [0.1, 0.15) is 0 Å². The molecule has 0 aliphatic carbocycles. The third kappa shape index (κ3) is 29.6. The summed E-state index contributed by atoms with van der Waals surface area (Å²) in [6.07, 6.45) is 3.00. The molecular formula is C16H38NP2Si2Y. The number of nitrogens with zero attached hydrogens (tertiary/aromatic N) is 1. The van der Waals surface area contributed by atoms with E-state index in [0.29, 0.717) is 0 Å². The van der Waals surface area contributed by atoms with Crippen molar-refractivity contribution >= 4 is 32.3 Å². The van der Waals surface area contributed by atoms with E-state index in [0.717, 1.165) is 0 Å². The second kappa shape index (κ2) is 17.4. The van der Waals surface area contributed by atoms with Crippen LogP contribution in [0, 0.1) is 13.8 Å². The number of hydrogen-bond acceptors (Lipinski definition) is 0. The summed E-state index contributed by atoms with van der Waals surface area (Å²) in [5.41, 5.74) is 0. The Bertz CT molecular complexity index is 245. The van der Waals surface area contributed by atoms with Gasteiger partial charge in [-0.25, -0.2) is 39.2 Å². The van der Waals surface area contributed by atoms with Crippen molar-refractivity contribution in [3.63, 3.8) is 0 Å². The molecule has 0 saturated heterocycles. The summed E-state index contributed by atoms with van der Waals surface area (Å²) >= 11 is 0. The molecule has 0 atom stereocenters. The summed E-state index contributed by atoms with van der Waals surface area (Å²) in [4.78, 5) is 0. The van der Waals surface area contributed by atoms with Crippen molar-refractivity contribution in [3.05, 3.63) is 43.8 Å². The molecule has 0 aromatic heterocycles. The molecule has 0 fully saturated rings. The van der Waals surface area contributed by atoms with Crippen LogP contribution < -0.4 is 0 Å². The molecule has 0 spiro atoms. The number of hydrogen-bond donors (Lipinski definition) is 0. The van der Waals surface area contributed by atoms with E-state index in [1.54, 1.807) is 0 Å². The van der Waals surface area contributed by atoms with Gasteiger partial charge in [-0.05, 0) is 26.7 Å². The molecule has 0 aliphatic rings. The van der Waals surface area contributed by atoms with Crippen molar-refractivity contribution in [2.24, 2.45) is 0 Å². The molecule has 0 unspecified atom stereocenters. The Kier molecular flexibility index (Phi) is 24.8. The van der Waals surface area contributed by atoms with Crippen molar-refractivity contribution in [1.29, 1.82) is 0 Å². The van der Waals surface area contributed by atoms with Crippen LogP contribution in [0.4, 0.5) is 0 Å². The average molecular weight is 452 g/mol. The molecule has 22 heavy (non-hydrogen) atoms. The van der Waals surface area contributed by atoms with Gasteiger partial charge in [0.15, 0.2) is 0 Å². The van der Waals surface area contributed by atoms with Gasteiger partial charge in [-0.1, -0.05) is 54.2 Å². The molecular weight excluding hydrogens is 413 g/mol. The second-order valence-corrected chi connectivity index (χ2v) is 21.8. The minimum atomic E-state index is -1.24. The van der Waals surface area contributed by atoms with Crippen molar-refractivity contribution in [2.75, 3.05) is 38.2 Å². The van der Waals surface area contributed by atoms with Crippen molar-refractivity contribution in [2.45, 2.75) is 26.2 Å². The fourth-order valence-electron chi connectivity index (χ4n) is 2.44. The zero-order chi connectivity index (χ0) is 17.7. The Labute approximate surface area is 172 Å². The van der Waals surface area contributed by atoms with Gasteiger partial charge in [-0.3, -0.25) is 0 Å². The van der Waals surface area contributed by atoms with Crippen LogP contribution in [-0.4, -0.2) is 54.7 Å². The quantitative estimate of drug-likeness (QED) is 0.254. The molecule has 0 radical (unpaired) electrons. The fraction of sp³-hybridized carbons (Fsp3) is 0.625. The van der Waals surface area contributed by atoms with Crippen molar-refractivity contribution in [3.8, 4) is 0 Å². The van der Waals surface area contributed by atoms with E-state index in [2.05, 4.69) is 79.9 Å². The molecule has 128 valence electrons. The maximum Gasteiger partial charge on any atom is 3.00 e. The summed E-state index contributed by atoms with van der Waals surface area (Å²) < 4.78 is 5.33. The third-order valence-electron chi connectivity index (χ3n) is 2.01. The average Bonchev–Trinajstić information content (AvgIpc) is 2.11. The van der Waals surface area contributed by atoms with E-state index in [4.69, 9.17) is 4.65 Å². The summed E-state index contributed by atoms with van der Waals surface area (Å²) in [6, 6.07) is 0. The maximum atomic E-state index is 5.33. The Balaban J connectivity index is -0.000000199. The Morgan fingerprint density at radius 3 is 1.14 bits per heavy atom. The zero-order valence-electron chi connectivity index (χ0n) is 16.3. The van der Waals surface area contributed by atoms with Gasteiger partial charge in [0.05, 0.1) is 0 Å². The number of rotatable bonds is 6. The molecule has 0 amide bonds. The smallest absolute Gasteiger partial charge is 0.667 e. The first-order valence-corrected chi connectivity index (χ1v) is 18.4. The summed E-state index contributed by atoms with van der Waals surface area (Å²) in [5, 5.41) is 0. The van der Waals surface area contributed by atoms with Crippen LogP contribution in [0.5, 0.6) is 0 Å². The molecule has 0 aliphatic heterocycles. The van der Waals surface area contributed by atoms with Crippen LogP contribution in [0.3, 0.4) is 0 Å². The first-order valence-electron chi connectivity index (χ1n) is 7.21. The van der Waals surface area contributed by atoms with Gasteiger partial charge in [0.25, 0.3) is 0 Å². The predicted octanol–water partition coefficient (Wildman–Crippen LogP) is 6.34. The normalized spacial score (nSPS) is 10.6. The van der Waals surface area contributed by atoms with Gasteiger partial charge in [-0.2, -0.15) is 0 Å². The first kappa shape index (κ1) is 31.4. The molecule has 0 heterocycles. The number of allylic oxidation sites excluding steroid dienone is 2. The Morgan fingerprint density at radius 1 is 0.818 bits per heavy atom. The van der Waals surface area contributed by atoms with Gasteiger partial charge in [0.2, 0.25) is 0 Å². The molecule has 0 N–H and O–H groups in total. The standard InChI is InChI=1S/C10H28NP2Si2.2C3H5.Y/c1-12(2)9-14(5,6)11-15(7,8)10-13(3)4;2*1-3-2;/h9-10H2,1-8H3;2*3H,1-2H2;/q3*-1;+3. The molecule has 0 rings (SSSR count). The van der Waals surface area contributed by atoms with E-state index in [-0.39, 0.29) is 48.6 Å². The zero-order valence-corrected chi connectivity index (χ0v) is 22.9. The summed E-state index contributed by atoms with van der Waals surface area (Å²) in [6.45, 7) is 32.4. The topological polar surface area (TPSA) is 14.1 Å². The van der Waals surface area contributed by atoms with Gasteiger partial charge in [-0.15, -0.1) is 15.8 Å². The van der Waals surface area contributed by atoms with Crippen molar-refractivity contribution in [1.82, 2.24) is 0 Å². The van der Waals surface area contributed by atoms with Crippen LogP contribution in [0.2, 0.25) is 26.2 Å². The molecule has 6 heteroatoms. The summed E-state index contributed by atoms with van der Waals surface area (Å²) in [5.74, 6) is 2.84. The Hall–Kier alpha value is 1.58. The van der Waals surface area contributed by atoms with E-state index < -0.39 is 16.5 Å². The van der Waals surface area contributed by atoms with Crippen LogP contribution >= 0.6 is 15.8 Å². The minimum Gasteiger partial charge on any atom is -0.667 e. The Morgan fingerprint density at radius 2 is 1.00 bits per heavy atom. The van der Waals surface area contributed by atoms with Gasteiger partial charge < -0.3 is 4.65 Å². The van der Waals surface area contributed by atoms with Gasteiger partial charge >= 0.3 is 32.7 Å². The SMILES string of the molecule is C=C[CH2-].C=C[CH2-].CP(C)C[Si](C)(C)[N-][Si](C)(C)CP(C)C.[Y+3]. The molecule has 0 aromatic rings. The second-order valence-electron chi connectivity index (χ2n) is 6.79. The van der Waals surface area contributed by atoms with Crippen LogP contribution in [-0.2, 0) is 32.7 Å². The molecule has 0 aromatic carbocycles. The molecule has 0 bridgehead atoms. The third-order valence-corrected chi connectivity index (χ3v) is 18.1. The predicted molar refractivity (Wildman–Crippen MR) is 117 cm³/mol. The van der Waals surface area contributed by atoms with Crippen LogP contribution in [0.25, 0.3) is 4.65 Å². The van der Waals surface area contributed by atoms with E-state index in [9.17, 15) is 0 Å². The molecule has 0 saturated carbocycles. The monoisotopic (exact) mass is 451 g/mol. The summed E-state index contributed by atoms with van der Waals surface area (Å²) in [7, 11) is -2.02. The van der Waals surface area contributed by atoms with E-state index in [1.807, 2.05) is 0 Å². The first-order chi connectivity index (χ1) is 9.37.